The standard InChI is InChI=1S/C13H12N6O/c1-19-5-3-8-6-10(17-9-2-4-15-7-16-9)18-12(14)11(8)13(19)20/h2-7H,1H3,(H3,14,15,16,17,18). The predicted octanol–water partition coefficient (Wildman–Crippen LogP) is 1.05. The van der Waals surface area contributed by atoms with Gasteiger partial charge in [-0.3, -0.25) is 4.79 Å². The lowest BCUT2D eigenvalue weighted by Gasteiger charge is -2.08. The summed E-state index contributed by atoms with van der Waals surface area (Å²) in [6, 6.07) is 5.29. The second-order valence-corrected chi connectivity index (χ2v) is 4.31. The molecule has 0 aliphatic rings. The number of aromatic nitrogens is 4. The highest BCUT2D eigenvalue weighted by Crippen LogP contribution is 2.21. The Morgan fingerprint density at radius 2 is 2.15 bits per heavy atom. The maximum absolute atomic E-state index is 12.0. The molecule has 0 saturated carbocycles. The van der Waals surface area contributed by atoms with Gasteiger partial charge in [-0.05, 0) is 23.6 Å². The van der Waals surface area contributed by atoms with E-state index in [0.717, 1.165) is 5.39 Å². The Kier molecular flexibility index (Phi) is 2.79. The molecule has 0 saturated heterocycles. The van der Waals surface area contributed by atoms with Gasteiger partial charge in [-0.1, -0.05) is 0 Å². The molecule has 20 heavy (non-hydrogen) atoms. The molecule has 0 aliphatic heterocycles. The van der Waals surface area contributed by atoms with Gasteiger partial charge < -0.3 is 15.6 Å². The van der Waals surface area contributed by atoms with Crippen molar-refractivity contribution in [3.63, 3.8) is 0 Å². The van der Waals surface area contributed by atoms with E-state index in [2.05, 4.69) is 20.3 Å². The van der Waals surface area contributed by atoms with Gasteiger partial charge in [-0.25, -0.2) is 15.0 Å². The van der Waals surface area contributed by atoms with Crippen LogP contribution < -0.4 is 16.6 Å². The molecule has 7 nitrogen and oxygen atoms in total. The van der Waals surface area contributed by atoms with E-state index in [-0.39, 0.29) is 11.4 Å². The summed E-state index contributed by atoms with van der Waals surface area (Å²) in [6.07, 6.45) is 4.75. The Balaban J connectivity index is 2.11. The molecule has 0 radical (unpaired) electrons. The molecule has 0 bridgehead atoms. The van der Waals surface area contributed by atoms with Crippen molar-refractivity contribution in [3.8, 4) is 0 Å². The number of hydrogen-bond donors (Lipinski definition) is 2. The van der Waals surface area contributed by atoms with E-state index in [9.17, 15) is 4.79 Å². The molecule has 3 heterocycles. The predicted molar refractivity (Wildman–Crippen MR) is 76.7 cm³/mol. The maximum Gasteiger partial charge on any atom is 0.261 e. The van der Waals surface area contributed by atoms with Gasteiger partial charge in [0.1, 0.15) is 23.8 Å². The van der Waals surface area contributed by atoms with Gasteiger partial charge in [0.2, 0.25) is 0 Å². The highest BCUT2D eigenvalue weighted by molar-refractivity contribution is 5.92. The van der Waals surface area contributed by atoms with Crippen molar-refractivity contribution in [1.82, 2.24) is 19.5 Å². The maximum atomic E-state index is 12.0. The number of anilines is 3. The number of rotatable bonds is 2. The quantitative estimate of drug-likeness (QED) is 0.720. The molecule has 0 aromatic carbocycles. The first kappa shape index (κ1) is 12.1. The van der Waals surface area contributed by atoms with Crippen molar-refractivity contribution in [1.29, 1.82) is 0 Å². The third-order valence-electron chi connectivity index (χ3n) is 2.93. The molecule has 3 N–H and O–H groups in total. The number of nitrogens with two attached hydrogens (primary N) is 1. The number of pyridine rings is 2. The summed E-state index contributed by atoms with van der Waals surface area (Å²) >= 11 is 0. The van der Waals surface area contributed by atoms with Crippen LogP contribution in [0.4, 0.5) is 17.5 Å². The minimum absolute atomic E-state index is 0.166. The van der Waals surface area contributed by atoms with E-state index in [1.165, 1.54) is 10.9 Å². The van der Waals surface area contributed by atoms with Crippen molar-refractivity contribution in [3.05, 3.63) is 47.3 Å². The van der Waals surface area contributed by atoms with E-state index in [0.29, 0.717) is 17.0 Å². The fourth-order valence-corrected chi connectivity index (χ4v) is 1.95. The van der Waals surface area contributed by atoms with Crippen LogP contribution in [0.5, 0.6) is 0 Å². The fraction of sp³-hybridized carbons (Fsp3) is 0.0769. The molecule has 7 heteroatoms. The Labute approximate surface area is 114 Å². The SMILES string of the molecule is Cn1ccc2cc(Nc3ccncn3)nc(N)c2c1=O. The summed E-state index contributed by atoms with van der Waals surface area (Å²) in [5, 5.41) is 4.17. The van der Waals surface area contributed by atoms with Crippen LogP contribution in [0.25, 0.3) is 10.8 Å². The average molecular weight is 268 g/mol. The molecule has 3 aromatic heterocycles. The van der Waals surface area contributed by atoms with Gasteiger partial charge in [-0.15, -0.1) is 0 Å². The van der Waals surface area contributed by atoms with Crippen LogP contribution in [-0.2, 0) is 7.05 Å². The Morgan fingerprint density at radius 3 is 2.90 bits per heavy atom. The van der Waals surface area contributed by atoms with Gasteiger partial charge >= 0.3 is 0 Å². The number of hydrogen-bond acceptors (Lipinski definition) is 6. The summed E-state index contributed by atoms with van der Waals surface area (Å²) in [6.45, 7) is 0. The van der Waals surface area contributed by atoms with Crippen molar-refractivity contribution < 1.29 is 0 Å². The lowest BCUT2D eigenvalue weighted by molar-refractivity contribution is 0.873. The minimum Gasteiger partial charge on any atom is -0.383 e. The van der Waals surface area contributed by atoms with Crippen molar-refractivity contribution in [2.24, 2.45) is 7.05 Å². The monoisotopic (exact) mass is 268 g/mol. The normalized spacial score (nSPS) is 10.7. The highest BCUT2D eigenvalue weighted by Gasteiger charge is 2.08. The molecular weight excluding hydrogens is 256 g/mol. The van der Waals surface area contributed by atoms with Crippen molar-refractivity contribution >= 4 is 28.2 Å². The summed E-state index contributed by atoms with van der Waals surface area (Å²) in [4.78, 5) is 24.1. The molecule has 0 unspecified atom stereocenters. The molecule has 3 rings (SSSR count). The van der Waals surface area contributed by atoms with Gasteiger partial charge in [-0.2, -0.15) is 0 Å². The van der Waals surface area contributed by atoms with E-state index < -0.39 is 0 Å². The van der Waals surface area contributed by atoms with E-state index in [1.807, 2.05) is 6.07 Å². The lowest BCUT2D eigenvalue weighted by atomic mass is 10.2. The van der Waals surface area contributed by atoms with Crippen LogP contribution in [-0.4, -0.2) is 19.5 Å². The number of fused-ring (bicyclic) bond motifs is 1. The van der Waals surface area contributed by atoms with E-state index in [4.69, 9.17) is 5.73 Å². The molecule has 3 aromatic rings. The lowest BCUT2D eigenvalue weighted by Crippen LogP contribution is -2.17. The molecule has 100 valence electrons. The summed E-state index contributed by atoms with van der Waals surface area (Å²) in [5.41, 5.74) is 5.72. The van der Waals surface area contributed by atoms with Crippen LogP contribution in [0, 0.1) is 0 Å². The minimum atomic E-state index is -0.166. The van der Waals surface area contributed by atoms with Crippen LogP contribution in [0.15, 0.2) is 41.7 Å². The third kappa shape index (κ3) is 2.05. The Hall–Kier alpha value is -2.96. The Bertz CT molecular complexity index is 827. The summed E-state index contributed by atoms with van der Waals surface area (Å²) in [7, 11) is 1.67. The van der Waals surface area contributed by atoms with Crippen molar-refractivity contribution in [2.45, 2.75) is 0 Å². The third-order valence-corrected chi connectivity index (χ3v) is 2.93. The van der Waals surface area contributed by atoms with E-state index >= 15 is 0 Å². The van der Waals surface area contributed by atoms with Crippen molar-refractivity contribution in [2.75, 3.05) is 11.1 Å². The first-order valence-corrected chi connectivity index (χ1v) is 5.94. The Morgan fingerprint density at radius 1 is 1.30 bits per heavy atom. The average Bonchev–Trinajstić information content (AvgIpc) is 2.44. The van der Waals surface area contributed by atoms with Gasteiger partial charge in [0, 0.05) is 19.4 Å². The van der Waals surface area contributed by atoms with E-state index in [1.54, 1.807) is 31.6 Å². The number of aryl methyl sites for hydroxylation is 1. The molecule has 0 amide bonds. The number of nitrogens with one attached hydrogen (secondary N) is 1. The second kappa shape index (κ2) is 4.61. The van der Waals surface area contributed by atoms with Gasteiger partial charge in [0.15, 0.2) is 0 Å². The van der Waals surface area contributed by atoms with Crippen LogP contribution >= 0.6 is 0 Å². The molecule has 0 aliphatic carbocycles. The molecule has 0 atom stereocenters. The summed E-state index contributed by atoms with van der Waals surface area (Å²) < 4.78 is 1.47. The second-order valence-electron chi connectivity index (χ2n) is 4.31. The number of nitrogen functional groups attached to an aromatic ring is 1. The smallest absolute Gasteiger partial charge is 0.261 e. The zero-order valence-corrected chi connectivity index (χ0v) is 10.7. The van der Waals surface area contributed by atoms with Crippen LogP contribution in [0.1, 0.15) is 0 Å². The zero-order valence-electron chi connectivity index (χ0n) is 10.7. The fourth-order valence-electron chi connectivity index (χ4n) is 1.95. The first-order valence-electron chi connectivity index (χ1n) is 5.94. The highest BCUT2D eigenvalue weighted by atomic mass is 16.1. The summed E-state index contributed by atoms with van der Waals surface area (Å²) in [5.74, 6) is 1.33. The number of nitrogens with zero attached hydrogens (tertiary/aromatic N) is 4. The zero-order chi connectivity index (χ0) is 14.1. The largest absolute Gasteiger partial charge is 0.383 e. The van der Waals surface area contributed by atoms with Crippen LogP contribution in [0.3, 0.4) is 0 Å². The molecule has 0 spiro atoms. The molecule has 0 fully saturated rings. The van der Waals surface area contributed by atoms with Crippen LogP contribution in [0.2, 0.25) is 0 Å². The molecular formula is C13H12N6O. The topological polar surface area (TPSA) is 98.7 Å². The van der Waals surface area contributed by atoms with Gasteiger partial charge in [0.05, 0.1) is 5.39 Å². The first-order chi connectivity index (χ1) is 9.65. The van der Waals surface area contributed by atoms with Gasteiger partial charge in [0.25, 0.3) is 5.56 Å².